The van der Waals surface area contributed by atoms with Crippen LogP contribution in [0.25, 0.3) is 0 Å². The lowest BCUT2D eigenvalue weighted by Gasteiger charge is -2.13. The van der Waals surface area contributed by atoms with Crippen molar-refractivity contribution in [1.29, 1.82) is 0 Å². The first-order chi connectivity index (χ1) is 10.0. The lowest BCUT2D eigenvalue weighted by molar-refractivity contribution is 0.0956. The summed E-state index contributed by atoms with van der Waals surface area (Å²) >= 11 is 0. The third-order valence-electron chi connectivity index (χ3n) is 2.82. The van der Waals surface area contributed by atoms with E-state index in [-0.39, 0.29) is 11.6 Å². The Hall–Kier alpha value is -2.63. The number of amides is 1. The molecule has 0 aliphatic carbocycles. The van der Waals surface area contributed by atoms with E-state index in [4.69, 9.17) is 5.73 Å². The third kappa shape index (κ3) is 3.47. The van der Waals surface area contributed by atoms with Crippen molar-refractivity contribution in [2.24, 2.45) is 0 Å². The van der Waals surface area contributed by atoms with Gasteiger partial charge < -0.3 is 16.4 Å². The molecule has 0 aliphatic heterocycles. The van der Waals surface area contributed by atoms with Gasteiger partial charge in [0.25, 0.3) is 5.91 Å². The summed E-state index contributed by atoms with van der Waals surface area (Å²) in [5.74, 6) is -1.53. The van der Waals surface area contributed by atoms with E-state index in [9.17, 15) is 13.6 Å². The molecule has 110 valence electrons. The summed E-state index contributed by atoms with van der Waals surface area (Å²) < 4.78 is 26.9. The summed E-state index contributed by atoms with van der Waals surface area (Å²) in [7, 11) is 0. The number of hydrogen-bond donors (Lipinski definition) is 3. The molecule has 0 heterocycles. The Morgan fingerprint density at radius 1 is 1.14 bits per heavy atom. The molecule has 2 rings (SSSR count). The van der Waals surface area contributed by atoms with Gasteiger partial charge in [-0.2, -0.15) is 0 Å². The van der Waals surface area contributed by atoms with Crippen LogP contribution in [-0.4, -0.2) is 12.5 Å². The molecule has 2 aromatic carbocycles. The van der Waals surface area contributed by atoms with Gasteiger partial charge >= 0.3 is 0 Å². The second-order valence-corrected chi connectivity index (χ2v) is 4.41. The van der Waals surface area contributed by atoms with E-state index in [0.29, 0.717) is 23.5 Å². The highest BCUT2D eigenvalue weighted by Crippen LogP contribution is 2.26. The third-order valence-corrected chi connectivity index (χ3v) is 2.82. The van der Waals surface area contributed by atoms with E-state index in [1.165, 1.54) is 12.1 Å². The van der Waals surface area contributed by atoms with Gasteiger partial charge in [0.05, 0.1) is 16.9 Å². The van der Waals surface area contributed by atoms with Gasteiger partial charge in [0.15, 0.2) is 0 Å². The molecule has 0 saturated heterocycles. The molecule has 0 unspecified atom stereocenters. The van der Waals surface area contributed by atoms with Crippen molar-refractivity contribution in [2.75, 3.05) is 17.6 Å². The molecule has 6 heteroatoms. The van der Waals surface area contributed by atoms with Crippen LogP contribution in [0.3, 0.4) is 0 Å². The summed E-state index contributed by atoms with van der Waals surface area (Å²) in [5.41, 5.74) is 6.64. The van der Waals surface area contributed by atoms with Crippen LogP contribution in [0.1, 0.15) is 17.3 Å². The van der Waals surface area contributed by atoms with Gasteiger partial charge in [-0.3, -0.25) is 4.79 Å². The van der Waals surface area contributed by atoms with Crippen molar-refractivity contribution in [3.8, 4) is 0 Å². The summed E-state index contributed by atoms with van der Waals surface area (Å²) in [6, 6.07) is 7.63. The van der Waals surface area contributed by atoms with Crippen LogP contribution >= 0.6 is 0 Å². The number of hydrogen-bond acceptors (Lipinski definition) is 3. The highest BCUT2D eigenvalue weighted by atomic mass is 19.1. The summed E-state index contributed by atoms with van der Waals surface area (Å²) in [6.07, 6.45) is 0. The van der Waals surface area contributed by atoms with Gasteiger partial charge in [0.1, 0.15) is 11.6 Å². The van der Waals surface area contributed by atoms with E-state index < -0.39 is 11.6 Å². The predicted octanol–water partition coefficient (Wildman–Crippen LogP) is 3.04. The number of anilines is 3. The zero-order chi connectivity index (χ0) is 15.4. The van der Waals surface area contributed by atoms with E-state index >= 15 is 0 Å². The molecule has 4 nitrogen and oxygen atoms in total. The topological polar surface area (TPSA) is 67.2 Å². The van der Waals surface area contributed by atoms with Crippen molar-refractivity contribution in [3.63, 3.8) is 0 Å². The first-order valence-corrected chi connectivity index (χ1v) is 6.41. The van der Waals surface area contributed by atoms with Gasteiger partial charge in [0.2, 0.25) is 0 Å². The molecule has 0 fully saturated rings. The zero-order valence-electron chi connectivity index (χ0n) is 11.4. The molecule has 0 saturated carbocycles. The highest BCUT2D eigenvalue weighted by Gasteiger charge is 2.13. The van der Waals surface area contributed by atoms with Crippen LogP contribution in [0.2, 0.25) is 0 Å². The summed E-state index contributed by atoms with van der Waals surface area (Å²) in [6.45, 7) is 2.24. The quantitative estimate of drug-likeness (QED) is 0.758. The molecule has 0 bridgehead atoms. The van der Waals surface area contributed by atoms with Crippen LogP contribution in [0.5, 0.6) is 0 Å². The van der Waals surface area contributed by atoms with Crippen molar-refractivity contribution in [3.05, 3.63) is 53.6 Å². The second kappa shape index (κ2) is 6.21. The number of halogens is 2. The standard InChI is InChI=1S/C15H15F2N3O/c1-2-19-15(21)11-5-4-10(18)8-13(11)20-14-7-9(16)3-6-12(14)17/h3-8,20H,2,18H2,1H3,(H,19,21). The second-order valence-electron chi connectivity index (χ2n) is 4.41. The molecule has 21 heavy (non-hydrogen) atoms. The Morgan fingerprint density at radius 2 is 1.90 bits per heavy atom. The molecule has 4 N–H and O–H groups in total. The molecule has 1 amide bonds. The van der Waals surface area contributed by atoms with Gasteiger partial charge in [-0.05, 0) is 37.3 Å². The lowest BCUT2D eigenvalue weighted by atomic mass is 10.1. The minimum Gasteiger partial charge on any atom is -0.399 e. The van der Waals surface area contributed by atoms with Gasteiger partial charge in [-0.15, -0.1) is 0 Å². The molecular formula is C15H15F2N3O. The number of benzene rings is 2. The minimum absolute atomic E-state index is 0.0638. The van der Waals surface area contributed by atoms with E-state index in [1.54, 1.807) is 13.0 Å². The Labute approximate surface area is 121 Å². The zero-order valence-corrected chi connectivity index (χ0v) is 11.4. The van der Waals surface area contributed by atoms with E-state index in [1.807, 2.05) is 0 Å². The van der Waals surface area contributed by atoms with Crippen molar-refractivity contribution < 1.29 is 13.6 Å². The van der Waals surface area contributed by atoms with Crippen LogP contribution in [-0.2, 0) is 0 Å². The molecule has 0 aliphatic rings. The van der Waals surface area contributed by atoms with Gasteiger partial charge in [0, 0.05) is 18.3 Å². The summed E-state index contributed by atoms with van der Waals surface area (Å²) in [5, 5.41) is 5.35. The number of nitrogens with two attached hydrogens (primary N) is 1. The first kappa shape index (κ1) is 14.8. The lowest BCUT2D eigenvalue weighted by Crippen LogP contribution is -2.23. The number of rotatable bonds is 4. The fourth-order valence-corrected chi connectivity index (χ4v) is 1.86. The Balaban J connectivity index is 2.40. The number of carbonyl (C=O) groups excluding carboxylic acids is 1. The fourth-order valence-electron chi connectivity index (χ4n) is 1.86. The molecule has 0 aromatic heterocycles. The van der Waals surface area contributed by atoms with Crippen molar-refractivity contribution >= 4 is 23.0 Å². The molecule has 0 radical (unpaired) electrons. The van der Waals surface area contributed by atoms with Crippen LogP contribution in [0.15, 0.2) is 36.4 Å². The van der Waals surface area contributed by atoms with E-state index in [2.05, 4.69) is 10.6 Å². The predicted molar refractivity (Wildman–Crippen MR) is 78.5 cm³/mol. The fraction of sp³-hybridized carbons (Fsp3) is 0.133. The van der Waals surface area contributed by atoms with Crippen LogP contribution in [0.4, 0.5) is 25.8 Å². The number of nitrogens with one attached hydrogen (secondary N) is 2. The average Bonchev–Trinajstić information content (AvgIpc) is 2.43. The summed E-state index contributed by atoms with van der Waals surface area (Å²) in [4.78, 5) is 12.0. The number of carbonyl (C=O) groups is 1. The largest absolute Gasteiger partial charge is 0.399 e. The smallest absolute Gasteiger partial charge is 0.253 e. The molecule has 0 atom stereocenters. The Bertz CT molecular complexity index is 674. The maximum absolute atomic E-state index is 13.7. The van der Waals surface area contributed by atoms with Gasteiger partial charge in [-0.25, -0.2) is 8.78 Å². The molecule has 0 spiro atoms. The van der Waals surface area contributed by atoms with Crippen LogP contribution < -0.4 is 16.4 Å². The Kier molecular flexibility index (Phi) is 4.37. The monoisotopic (exact) mass is 291 g/mol. The normalized spacial score (nSPS) is 10.2. The van der Waals surface area contributed by atoms with Gasteiger partial charge in [-0.1, -0.05) is 0 Å². The van der Waals surface area contributed by atoms with E-state index in [0.717, 1.165) is 18.2 Å². The number of nitrogen functional groups attached to an aromatic ring is 1. The van der Waals surface area contributed by atoms with Crippen molar-refractivity contribution in [2.45, 2.75) is 6.92 Å². The maximum atomic E-state index is 13.7. The molecule has 2 aromatic rings. The van der Waals surface area contributed by atoms with Crippen LogP contribution in [0, 0.1) is 11.6 Å². The highest BCUT2D eigenvalue weighted by molar-refractivity contribution is 6.00. The Morgan fingerprint density at radius 3 is 2.62 bits per heavy atom. The maximum Gasteiger partial charge on any atom is 0.253 e. The molecular weight excluding hydrogens is 276 g/mol. The van der Waals surface area contributed by atoms with Crippen molar-refractivity contribution in [1.82, 2.24) is 5.32 Å². The average molecular weight is 291 g/mol. The first-order valence-electron chi connectivity index (χ1n) is 6.41. The SMILES string of the molecule is CCNC(=O)c1ccc(N)cc1Nc1cc(F)ccc1F. The minimum atomic E-state index is -0.624.